The molecule has 0 spiro atoms. The first-order valence-electron chi connectivity index (χ1n) is 17.3. The molecule has 9 rings (SSSR count). The molecule has 1 aliphatic heterocycles. The van der Waals surface area contributed by atoms with E-state index in [-0.39, 0.29) is 12.1 Å². The van der Waals surface area contributed by atoms with E-state index in [4.69, 9.17) is 4.74 Å². The molecule has 8 aliphatic carbocycles. The maximum atomic E-state index is 11.6. The van der Waals surface area contributed by atoms with Crippen LogP contribution in [0.1, 0.15) is 111 Å². The molecule has 3 amide bonds. The van der Waals surface area contributed by atoms with Crippen molar-refractivity contribution < 1.29 is 14.3 Å². The average molecular weight is 571 g/mol. The topological polar surface area (TPSA) is 82.7 Å². The molecule has 7 nitrogen and oxygen atoms in total. The standard InChI is InChI=1S/C19H34N2O2.C15H24N2O/c1-18(2,3)23-17(22)21-7-6-20-5-4-19-11-14-8-15(12-19)10-16(9-14)13-19;18-14-16-2-4-17(14)3-1-15-8-11-5-12(9-15)7-13(6-11)10-15/h14-16,20H,4-13H2,1-3H3,(H,21,22);11-13H,1-10H2,(H,16,18). The van der Waals surface area contributed by atoms with Crippen molar-refractivity contribution in [3.05, 3.63) is 0 Å². The van der Waals surface area contributed by atoms with Crippen LogP contribution in [0, 0.1) is 46.3 Å². The second-order valence-corrected chi connectivity index (χ2v) is 16.7. The first-order chi connectivity index (χ1) is 19.6. The summed E-state index contributed by atoms with van der Waals surface area (Å²) in [6, 6.07) is 0.166. The fraction of sp³-hybridized carbons (Fsp3) is 0.941. The number of alkyl carbamates (subject to hydrolysis) is 1. The first kappa shape index (κ1) is 29.6. The number of carbonyl (C=O) groups excluding carboxylic acids is 2. The van der Waals surface area contributed by atoms with Crippen molar-refractivity contribution in [1.82, 2.24) is 20.9 Å². The number of hydrogen-bond acceptors (Lipinski definition) is 4. The van der Waals surface area contributed by atoms with Gasteiger partial charge in [-0.2, -0.15) is 0 Å². The van der Waals surface area contributed by atoms with E-state index in [1.807, 2.05) is 25.7 Å². The van der Waals surface area contributed by atoms with E-state index < -0.39 is 5.60 Å². The van der Waals surface area contributed by atoms with Crippen LogP contribution in [0.25, 0.3) is 0 Å². The van der Waals surface area contributed by atoms with Crippen LogP contribution < -0.4 is 16.0 Å². The van der Waals surface area contributed by atoms with Gasteiger partial charge >= 0.3 is 12.1 Å². The second-order valence-electron chi connectivity index (χ2n) is 16.7. The summed E-state index contributed by atoms with van der Waals surface area (Å²) < 4.78 is 5.23. The largest absolute Gasteiger partial charge is 0.444 e. The van der Waals surface area contributed by atoms with Crippen molar-refractivity contribution in [2.75, 3.05) is 39.3 Å². The van der Waals surface area contributed by atoms with E-state index in [9.17, 15) is 9.59 Å². The van der Waals surface area contributed by atoms with Crippen LogP contribution in [0.5, 0.6) is 0 Å². The quantitative estimate of drug-likeness (QED) is 0.283. The summed E-state index contributed by atoms with van der Waals surface area (Å²) in [7, 11) is 0. The second kappa shape index (κ2) is 11.9. The molecule has 41 heavy (non-hydrogen) atoms. The van der Waals surface area contributed by atoms with Crippen LogP contribution in [0.3, 0.4) is 0 Å². The lowest BCUT2D eigenvalue weighted by molar-refractivity contribution is -0.0592. The van der Waals surface area contributed by atoms with Gasteiger partial charge in [0.25, 0.3) is 0 Å². The number of hydrogen-bond donors (Lipinski definition) is 3. The SMILES string of the molecule is CC(C)(C)OC(=O)NCCNCCC12CC3CC(CC(C3)C1)C2.O=C1NCCN1CCC12CC3CC(CC(C3)C1)C2. The molecule has 0 aromatic heterocycles. The minimum atomic E-state index is -0.421. The third-order valence-electron chi connectivity index (χ3n) is 12.0. The van der Waals surface area contributed by atoms with Crippen molar-refractivity contribution in [1.29, 1.82) is 0 Å². The number of carbonyl (C=O) groups is 2. The maximum Gasteiger partial charge on any atom is 0.407 e. The third kappa shape index (κ3) is 7.36. The minimum absolute atomic E-state index is 0.166. The van der Waals surface area contributed by atoms with Crippen molar-refractivity contribution in [2.24, 2.45) is 46.3 Å². The van der Waals surface area contributed by atoms with Gasteiger partial charge in [-0.3, -0.25) is 0 Å². The molecule has 7 heteroatoms. The van der Waals surface area contributed by atoms with Gasteiger partial charge in [0.05, 0.1) is 0 Å². The Kier molecular flexibility index (Phi) is 8.57. The predicted molar refractivity (Wildman–Crippen MR) is 163 cm³/mol. The summed E-state index contributed by atoms with van der Waals surface area (Å²) in [5.74, 6) is 6.20. The van der Waals surface area contributed by atoms with E-state index in [2.05, 4.69) is 16.0 Å². The summed E-state index contributed by atoms with van der Waals surface area (Å²) >= 11 is 0. The highest BCUT2D eigenvalue weighted by Crippen LogP contribution is 2.62. The number of nitrogens with zero attached hydrogens (tertiary/aromatic N) is 1. The number of ether oxygens (including phenoxy) is 1. The predicted octanol–water partition coefficient (Wildman–Crippen LogP) is 6.33. The van der Waals surface area contributed by atoms with Gasteiger partial charge in [-0.25, -0.2) is 9.59 Å². The van der Waals surface area contributed by atoms with Crippen molar-refractivity contribution in [3.8, 4) is 0 Å². The zero-order chi connectivity index (χ0) is 28.7. The molecule has 1 saturated heterocycles. The Bertz CT molecular complexity index is 872. The van der Waals surface area contributed by atoms with Crippen LogP contribution in [0.2, 0.25) is 0 Å². The molecule has 1 heterocycles. The van der Waals surface area contributed by atoms with Gasteiger partial charge in [-0.15, -0.1) is 0 Å². The lowest BCUT2D eigenvalue weighted by Crippen LogP contribution is -2.47. The summed E-state index contributed by atoms with van der Waals surface area (Å²) in [4.78, 5) is 25.2. The Morgan fingerprint density at radius 1 is 0.805 bits per heavy atom. The Morgan fingerprint density at radius 2 is 1.29 bits per heavy atom. The van der Waals surface area contributed by atoms with E-state index >= 15 is 0 Å². The highest BCUT2D eigenvalue weighted by atomic mass is 16.6. The smallest absolute Gasteiger partial charge is 0.407 e. The van der Waals surface area contributed by atoms with E-state index in [0.717, 1.165) is 68.2 Å². The molecule has 9 aliphatic rings. The summed E-state index contributed by atoms with van der Waals surface area (Å²) in [5, 5.41) is 9.23. The zero-order valence-electron chi connectivity index (χ0n) is 26.3. The third-order valence-corrected chi connectivity index (χ3v) is 12.0. The monoisotopic (exact) mass is 570 g/mol. The fourth-order valence-corrected chi connectivity index (χ4v) is 11.3. The normalized spacial score (nSPS) is 39.9. The fourth-order valence-electron chi connectivity index (χ4n) is 11.3. The number of nitrogens with one attached hydrogen (secondary N) is 3. The molecule has 232 valence electrons. The van der Waals surface area contributed by atoms with Crippen LogP contribution in [0.15, 0.2) is 0 Å². The lowest BCUT2D eigenvalue weighted by atomic mass is 9.49. The van der Waals surface area contributed by atoms with Crippen molar-refractivity contribution in [2.45, 2.75) is 116 Å². The minimum Gasteiger partial charge on any atom is -0.444 e. The maximum absolute atomic E-state index is 11.6. The van der Waals surface area contributed by atoms with Gasteiger partial charge in [0.2, 0.25) is 0 Å². The van der Waals surface area contributed by atoms with Gasteiger partial charge < -0.3 is 25.6 Å². The molecule has 8 bridgehead atoms. The first-order valence-corrected chi connectivity index (χ1v) is 17.3. The highest BCUT2D eigenvalue weighted by Gasteiger charge is 2.51. The zero-order valence-corrected chi connectivity index (χ0v) is 26.3. The molecular weight excluding hydrogens is 512 g/mol. The molecular formula is C34H58N4O3. The van der Waals surface area contributed by atoms with Crippen LogP contribution in [0.4, 0.5) is 9.59 Å². The summed E-state index contributed by atoms with van der Waals surface area (Å²) in [6.07, 6.45) is 20.2. The Hall–Kier alpha value is -1.50. The van der Waals surface area contributed by atoms with Gasteiger partial charge in [0.15, 0.2) is 0 Å². The average Bonchev–Trinajstić information content (AvgIpc) is 3.27. The lowest BCUT2D eigenvalue weighted by Gasteiger charge is -2.57. The molecule has 0 radical (unpaired) electrons. The molecule has 9 fully saturated rings. The Balaban J connectivity index is 0.000000151. The molecule has 0 unspecified atom stereocenters. The molecule has 3 N–H and O–H groups in total. The molecule has 0 aromatic carbocycles. The summed E-state index contributed by atoms with van der Waals surface area (Å²) in [5.41, 5.74) is 0.855. The summed E-state index contributed by atoms with van der Waals surface area (Å²) in [6.45, 7) is 11.0. The number of urea groups is 1. The van der Waals surface area contributed by atoms with Crippen LogP contribution in [-0.2, 0) is 4.74 Å². The van der Waals surface area contributed by atoms with Crippen LogP contribution in [-0.4, -0.2) is 61.9 Å². The van der Waals surface area contributed by atoms with Crippen molar-refractivity contribution in [3.63, 3.8) is 0 Å². The van der Waals surface area contributed by atoms with Gasteiger partial charge in [-0.1, -0.05) is 0 Å². The van der Waals surface area contributed by atoms with Gasteiger partial charge in [0.1, 0.15) is 5.60 Å². The van der Waals surface area contributed by atoms with Crippen molar-refractivity contribution >= 4 is 12.1 Å². The van der Waals surface area contributed by atoms with E-state index in [1.54, 1.807) is 0 Å². The molecule has 0 atom stereocenters. The number of amides is 3. The van der Waals surface area contributed by atoms with E-state index in [1.165, 1.54) is 89.9 Å². The van der Waals surface area contributed by atoms with Gasteiger partial charge in [0, 0.05) is 32.7 Å². The molecule has 0 aromatic rings. The Morgan fingerprint density at radius 3 is 1.73 bits per heavy atom. The highest BCUT2D eigenvalue weighted by molar-refractivity contribution is 5.76. The van der Waals surface area contributed by atoms with E-state index in [0.29, 0.717) is 17.4 Å². The van der Waals surface area contributed by atoms with Crippen LogP contribution >= 0.6 is 0 Å². The number of rotatable bonds is 9. The van der Waals surface area contributed by atoms with Gasteiger partial charge in [-0.05, 0) is 164 Å². The Labute approximate surface area is 249 Å². The molecule has 8 saturated carbocycles.